The second-order valence-electron chi connectivity index (χ2n) is 4.56. The van der Waals surface area contributed by atoms with E-state index < -0.39 is 0 Å². The third kappa shape index (κ3) is 3.79. The average molecular weight is 263 g/mol. The standard InChI is InChI=1S/C15H21NOS/c1-12-6-8-13(9-7-12)18-11-14(16-2)15-5-3-4-10-17-15/h5-9,14,16H,3-4,10-11H2,1-2H3. The molecule has 0 bridgehead atoms. The van der Waals surface area contributed by atoms with Crippen molar-refractivity contribution >= 4 is 11.8 Å². The molecule has 1 heterocycles. The molecule has 0 aliphatic carbocycles. The van der Waals surface area contributed by atoms with E-state index in [0.29, 0.717) is 6.04 Å². The van der Waals surface area contributed by atoms with Crippen LogP contribution >= 0.6 is 11.8 Å². The highest BCUT2D eigenvalue weighted by atomic mass is 32.2. The van der Waals surface area contributed by atoms with E-state index in [1.807, 2.05) is 18.8 Å². The summed E-state index contributed by atoms with van der Waals surface area (Å²) in [7, 11) is 2.00. The Morgan fingerprint density at radius 3 is 2.72 bits per heavy atom. The molecule has 0 radical (unpaired) electrons. The Bertz CT molecular complexity index is 399. The molecule has 1 aromatic carbocycles. The van der Waals surface area contributed by atoms with Crippen LogP contribution in [0.1, 0.15) is 18.4 Å². The first-order valence-corrected chi connectivity index (χ1v) is 7.48. The van der Waals surface area contributed by atoms with Gasteiger partial charge in [-0.1, -0.05) is 17.7 Å². The average Bonchev–Trinajstić information content (AvgIpc) is 2.43. The van der Waals surface area contributed by atoms with Crippen LogP contribution in [0.5, 0.6) is 0 Å². The molecule has 3 heteroatoms. The first kappa shape index (κ1) is 13.5. The number of benzene rings is 1. The molecule has 0 saturated heterocycles. The second-order valence-corrected chi connectivity index (χ2v) is 5.66. The first-order chi connectivity index (χ1) is 8.79. The van der Waals surface area contributed by atoms with Crippen molar-refractivity contribution in [3.8, 4) is 0 Å². The van der Waals surface area contributed by atoms with Crippen molar-refractivity contribution in [1.29, 1.82) is 0 Å². The minimum atomic E-state index is 0.316. The molecule has 0 aromatic heterocycles. The first-order valence-electron chi connectivity index (χ1n) is 6.49. The predicted octanol–water partition coefficient (Wildman–Crippen LogP) is 3.37. The number of nitrogens with one attached hydrogen (secondary N) is 1. The van der Waals surface area contributed by atoms with Crippen molar-refractivity contribution < 1.29 is 4.74 Å². The topological polar surface area (TPSA) is 21.3 Å². The molecule has 1 atom stereocenters. The van der Waals surface area contributed by atoms with E-state index in [4.69, 9.17) is 4.74 Å². The lowest BCUT2D eigenvalue weighted by atomic mass is 10.2. The molecule has 2 nitrogen and oxygen atoms in total. The van der Waals surface area contributed by atoms with Gasteiger partial charge in [-0.25, -0.2) is 0 Å². The number of likely N-dealkylation sites (N-methyl/N-ethyl adjacent to an activating group) is 1. The van der Waals surface area contributed by atoms with Crippen molar-refractivity contribution in [2.24, 2.45) is 0 Å². The van der Waals surface area contributed by atoms with Crippen LogP contribution in [0.25, 0.3) is 0 Å². The highest BCUT2D eigenvalue weighted by molar-refractivity contribution is 7.99. The van der Waals surface area contributed by atoms with Crippen molar-refractivity contribution in [2.75, 3.05) is 19.4 Å². The lowest BCUT2D eigenvalue weighted by Crippen LogP contribution is -2.32. The number of hydrogen-bond acceptors (Lipinski definition) is 3. The van der Waals surface area contributed by atoms with Gasteiger partial charge in [-0.15, -0.1) is 11.8 Å². The number of allylic oxidation sites excluding steroid dienone is 1. The maximum Gasteiger partial charge on any atom is 0.110 e. The third-order valence-corrected chi connectivity index (χ3v) is 4.20. The molecule has 0 amide bonds. The summed E-state index contributed by atoms with van der Waals surface area (Å²) in [5.41, 5.74) is 1.31. The number of thioether (sulfide) groups is 1. The number of aryl methyl sites for hydroxylation is 1. The Kier molecular flexibility index (Phi) is 5.14. The number of rotatable bonds is 5. The largest absolute Gasteiger partial charge is 0.497 e. The summed E-state index contributed by atoms with van der Waals surface area (Å²) in [4.78, 5) is 1.32. The molecule has 1 unspecified atom stereocenters. The Morgan fingerprint density at radius 2 is 2.11 bits per heavy atom. The van der Waals surface area contributed by atoms with Crippen LogP contribution in [0.4, 0.5) is 0 Å². The third-order valence-electron chi connectivity index (χ3n) is 3.09. The molecule has 98 valence electrons. The smallest absolute Gasteiger partial charge is 0.110 e. The Hall–Kier alpha value is -0.930. The summed E-state index contributed by atoms with van der Waals surface area (Å²) in [5.74, 6) is 2.12. The van der Waals surface area contributed by atoms with Crippen LogP contribution in [0.15, 0.2) is 41.0 Å². The van der Waals surface area contributed by atoms with Gasteiger partial charge in [0.05, 0.1) is 12.6 Å². The fraction of sp³-hybridized carbons (Fsp3) is 0.467. The SMILES string of the molecule is CNC(CSc1ccc(C)cc1)C1=CCCCO1. The number of ether oxygens (including phenoxy) is 1. The zero-order valence-electron chi connectivity index (χ0n) is 11.1. The molecule has 2 rings (SSSR count). The summed E-state index contributed by atoms with van der Waals surface area (Å²) >= 11 is 1.87. The van der Waals surface area contributed by atoms with Crippen LogP contribution in [-0.2, 0) is 4.74 Å². The molecule has 0 saturated carbocycles. The zero-order valence-corrected chi connectivity index (χ0v) is 11.9. The highest BCUT2D eigenvalue weighted by Crippen LogP contribution is 2.23. The second kappa shape index (κ2) is 6.86. The van der Waals surface area contributed by atoms with Gasteiger partial charge in [-0.05, 0) is 45.0 Å². The van der Waals surface area contributed by atoms with E-state index in [-0.39, 0.29) is 0 Å². The molecule has 1 N–H and O–H groups in total. The van der Waals surface area contributed by atoms with Crippen LogP contribution in [0.3, 0.4) is 0 Å². The van der Waals surface area contributed by atoms with E-state index in [0.717, 1.165) is 31.0 Å². The van der Waals surface area contributed by atoms with Gasteiger partial charge in [0.2, 0.25) is 0 Å². The molecular formula is C15H21NOS. The van der Waals surface area contributed by atoms with Crippen LogP contribution < -0.4 is 5.32 Å². The van der Waals surface area contributed by atoms with Crippen LogP contribution in [0.2, 0.25) is 0 Å². The minimum absolute atomic E-state index is 0.316. The van der Waals surface area contributed by atoms with Crippen LogP contribution in [0, 0.1) is 6.92 Å². The lowest BCUT2D eigenvalue weighted by molar-refractivity contribution is 0.173. The Balaban J connectivity index is 1.90. The molecule has 1 aromatic rings. The van der Waals surface area contributed by atoms with E-state index >= 15 is 0 Å². The molecule has 1 aliphatic heterocycles. The Labute approximate surface area is 114 Å². The lowest BCUT2D eigenvalue weighted by Gasteiger charge is -2.23. The van der Waals surface area contributed by atoms with E-state index in [9.17, 15) is 0 Å². The normalized spacial score (nSPS) is 16.9. The summed E-state index contributed by atoms with van der Waals surface area (Å²) in [6, 6.07) is 9.00. The van der Waals surface area contributed by atoms with E-state index in [2.05, 4.69) is 42.6 Å². The van der Waals surface area contributed by atoms with Crippen molar-refractivity contribution in [2.45, 2.75) is 30.7 Å². The Morgan fingerprint density at radius 1 is 1.33 bits per heavy atom. The number of hydrogen-bond donors (Lipinski definition) is 1. The van der Waals surface area contributed by atoms with Gasteiger partial charge in [0, 0.05) is 10.6 Å². The van der Waals surface area contributed by atoms with Gasteiger partial charge in [-0.3, -0.25) is 0 Å². The fourth-order valence-corrected chi connectivity index (χ4v) is 2.96. The fourth-order valence-electron chi connectivity index (χ4n) is 1.94. The maximum atomic E-state index is 5.72. The highest BCUT2D eigenvalue weighted by Gasteiger charge is 2.16. The summed E-state index contributed by atoms with van der Waals surface area (Å²) in [5, 5.41) is 3.34. The molecule has 18 heavy (non-hydrogen) atoms. The molecular weight excluding hydrogens is 242 g/mol. The monoisotopic (exact) mass is 263 g/mol. The summed E-state index contributed by atoms with van der Waals surface area (Å²) in [6.07, 6.45) is 4.51. The van der Waals surface area contributed by atoms with Gasteiger partial charge in [0.1, 0.15) is 5.76 Å². The van der Waals surface area contributed by atoms with E-state index in [1.54, 1.807) is 0 Å². The van der Waals surface area contributed by atoms with Gasteiger partial charge in [-0.2, -0.15) is 0 Å². The quantitative estimate of drug-likeness (QED) is 0.823. The van der Waals surface area contributed by atoms with Gasteiger partial charge in [0.25, 0.3) is 0 Å². The van der Waals surface area contributed by atoms with Crippen molar-refractivity contribution in [3.05, 3.63) is 41.7 Å². The van der Waals surface area contributed by atoms with Crippen molar-refractivity contribution in [3.63, 3.8) is 0 Å². The summed E-state index contributed by atoms with van der Waals surface area (Å²) < 4.78 is 5.72. The minimum Gasteiger partial charge on any atom is -0.497 e. The summed E-state index contributed by atoms with van der Waals surface area (Å²) in [6.45, 7) is 2.98. The van der Waals surface area contributed by atoms with E-state index in [1.165, 1.54) is 10.5 Å². The van der Waals surface area contributed by atoms with Crippen molar-refractivity contribution in [1.82, 2.24) is 5.32 Å². The predicted molar refractivity (Wildman–Crippen MR) is 78.0 cm³/mol. The van der Waals surface area contributed by atoms with Gasteiger partial charge in [0.15, 0.2) is 0 Å². The van der Waals surface area contributed by atoms with Gasteiger partial charge < -0.3 is 10.1 Å². The molecule has 0 spiro atoms. The van der Waals surface area contributed by atoms with Crippen LogP contribution in [-0.4, -0.2) is 25.4 Å². The van der Waals surface area contributed by atoms with Gasteiger partial charge >= 0.3 is 0 Å². The maximum absolute atomic E-state index is 5.72. The molecule has 1 aliphatic rings. The zero-order chi connectivity index (χ0) is 12.8. The molecule has 0 fully saturated rings.